The van der Waals surface area contributed by atoms with Crippen molar-refractivity contribution in [2.24, 2.45) is 5.92 Å². The number of carbonyl (C=O) groups is 1. The molecule has 0 spiro atoms. The molecule has 0 aromatic carbocycles. The van der Waals surface area contributed by atoms with E-state index in [2.05, 4.69) is 4.90 Å². The van der Waals surface area contributed by atoms with Crippen molar-refractivity contribution < 1.29 is 19.7 Å². The average Bonchev–Trinajstić information content (AvgIpc) is 2.92. The summed E-state index contributed by atoms with van der Waals surface area (Å²) in [5.41, 5.74) is -1.81. The second kappa shape index (κ2) is 5.38. The van der Waals surface area contributed by atoms with E-state index in [0.717, 1.165) is 32.4 Å². The second-order valence-corrected chi connectivity index (χ2v) is 6.13. The van der Waals surface area contributed by atoms with Gasteiger partial charge >= 0.3 is 5.97 Å². The predicted octanol–water partition coefficient (Wildman–Crippen LogP) is 0.534. The zero-order valence-electron chi connectivity index (χ0n) is 12.0. The van der Waals surface area contributed by atoms with Crippen LogP contribution in [-0.4, -0.2) is 58.0 Å². The monoisotopic (exact) mass is 271 g/mol. The highest BCUT2D eigenvalue weighted by molar-refractivity contribution is 5.80. The van der Waals surface area contributed by atoms with Crippen LogP contribution < -0.4 is 0 Å². The standard InChI is InChI=1S/C14H25NO4/c1-9(2)14(18,10(3)16)13(17)19-12-6-8-15-7-4-5-11(12)15/h9-12,16,18H,4-8H2,1-3H3/t10-,11+,12-,14-/m1/s1. The topological polar surface area (TPSA) is 70.0 Å². The average molecular weight is 271 g/mol. The molecule has 0 saturated carbocycles. The third kappa shape index (κ3) is 2.51. The molecule has 2 heterocycles. The Labute approximate surface area is 114 Å². The Morgan fingerprint density at radius 3 is 2.58 bits per heavy atom. The van der Waals surface area contributed by atoms with Gasteiger partial charge in [0.05, 0.1) is 6.10 Å². The van der Waals surface area contributed by atoms with E-state index in [1.54, 1.807) is 13.8 Å². The minimum atomic E-state index is -1.81. The van der Waals surface area contributed by atoms with Gasteiger partial charge in [0, 0.05) is 12.6 Å². The van der Waals surface area contributed by atoms with Crippen LogP contribution in [-0.2, 0) is 9.53 Å². The highest BCUT2D eigenvalue weighted by Crippen LogP contribution is 2.32. The van der Waals surface area contributed by atoms with Crippen LogP contribution in [0.1, 0.15) is 40.0 Å². The molecule has 0 aromatic heterocycles. The molecule has 2 rings (SSSR count). The van der Waals surface area contributed by atoms with Gasteiger partial charge < -0.3 is 14.9 Å². The van der Waals surface area contributed by atoms with Crippen molar-refractivity contribution in [2.45, 2.75) is 63.9 Å². The van der Waals surface area contributed by atoms with E-state index >= 15 is 0 Å². The van der Waals surface area contributed by atoms with Gasteiger partial charge in [0.15, 0.2) is 5.60 Å². The van der Waals surface area contributed by atoms with Crippen LogP contribution in [0.25, 0.3) is 0 Å². The fraction of sp³-hybridized carbons (Fsp3) is 0.929. The lowest BCUT2D eigenvalue weighted by molar-refractivity contribution is -0.190. The highest BCUT2D eigenvalue weighted by atomic mass is 16.6. The van der Waals surface area contributed by atoms with Crippen molar-refractivity contribution in [1.82, 2.24) is 4.90 Å². The van der Waals surface area contributed by atoms with Crippen molar-refractivity contribution in [3.8, 4) is 0 Å². The molecule has 0 aromatic rings. The predicted molar refractivity (Wildman–Crippen MR) is 70.6 cm³/mol. The molecule has 2 aliphatic heterocycles. The number of hydrogen-bond donors (Lipinski definition) is 2. The van der Waals surface area contributed by atoms with Crippen molar-refractivity contribution >= 4 is 5.97 Å². The number of rotatable bonds is 4. The zero-order valence-corrected chi connectivity index (χ0v) is 12.0. The lowest BCUT2D eigenvalue weighted by Crippen LogP contribution is -2.54. The number of esters is 1. The summed E-state index contributed by atoms with van der Waals surface area (Å²) in [7, 11) is 0. The van der Waals surface area contributed by atoms with Crippen molar-refractivity contribution in [2.75, 3.05) is 13.1 Å². The van der Waals surface area contributed by atoms with Crippen LogP contribution >= 0.6 is 0 Å². The molecule has 4 atom stereocenters. The molecule has 19 heavy (non-hydrogen) atoms. The molecule has 0 unspecified atom stereocenters. The molecule has 0 bridgehead atoms. The van der Waals surface area contributed by atoms with E-state index in [9.17, 15) is 15.0 Å². The van der Waals surface area contributed by atoms with Crippen LogP contribution in [0.2, 0.25) is 0 Å². The first-order valence-corrected chi connectivity index (χ1v) is 7.23. The van der Waals surface area contributed by atoms with Crippen molar-refractivity contribution in [3.63, 3.8) is 0 Å². The van der Waals surface area contributed by atoms with Crippen LogP contribution in [0.5, 0.6) is 0 Å². The van der Waals surface area contributed by atoms with Gasteiger partial charge in [-0.2, -0.15) is 0 Å². The Balaban J connectivity index is 2.04. The Bertz CT molecular complexity index is 334. The molecule has 0 aliphatic carbocycles. The maximum Gasteiger partial charge on any atom is 0.341 e. The number of ether oxygens (including phenoxy) is 1. The van der Waals surface area contributed by atoms with Gasteiger partial charge in [-0.1, -0.05) is 13.8 Å². The number of nitrogens with zero attached hydrogens (tertiary/aromatic N) is 1. The zero-order chi connectivity index (χ0) is 14.2. The Morgan fingerprint density at radius 2 is 2.00 bits per heavy atom. The minimum absolute atomic E-state index is 0.140. The van der Waals surface area contributed by atoms with Gasteiger partial charge in [0.1, 0.15) is 6.10 Å². The number of carbonyl (C=O) groups excluding carboxylic acids is 1. The van der Waals surface area contributed by atoms with Gasteiger partial charge in [-0.15, -0.1) is 0 Å². The van der Waals surface area contributed by atoms with E-state index in [0.29, 0.717) is 6.04 Å². The molecular weight excluding hydrogens is 246 g/mol. The summed E-state index contributed by atoms with van der Waals surface area (Å²) < 4.78 is 5.52. The Morgan fingerprint density at radius 1 is 1.32 bits per heavy atom. The van der Waals surface area contributed by atoms with Gasteiger partial charge in [-0.25, -0.2) is 4.79 Å². The molecule has 2 fully saturated rings. The maximum atomic E-state index is 12.2. The van der Waals surface area contributed by atoms with Crippen LogP contribution in [0.3, 0.4) is 0 Å². The summed E-state index contributed by atoms with van der Waals surface area (Å²) in [6, 6.07) is 0.300. The number of hydrogen-bond acceptors (Lipinski definition) is 5. The third-order valence-electron chi connectivity index (χ3n) is 4.65. The summed E-state index contributed by atoms with van der Waals surface area (Å²) in [5.74, 6) is -1.07. The quantitative estimate of drug-likeness (QED) is 0.730. The van der Waals surface area contributed by atoms with Crippen LogP contribution in [0.4, 0.5) is 0 Å². The van der Waals surface area contributed by atoms with E-state index in [4.69, 9.17) is 4.74 Å². The highest BCUT2D eigenvalue weighted by Gasteiger charge is 2.48. The smallest absolute Gasteiger partial charge is 0.341 e. The SMILES string of the molecule is CC(C)[C@](O)(C(=O)O[C@@H]1CCN2CCC[C@@H]12)[C@@H](C)O. The molecule has 5 nitrogen and oxygen atoms in total. The molecule has 2 N–H and O–H groups in total. The van der Waals surface area contributed by atoms with E-state index in [1.165, 1.54) is 6.92 Å². The first kappa shape index (κ1) is 14.8. The van der Waals surface area contributed by atoms with Gasteiger partial charge in [0.25, 0.3) is 0 Å². The molecule has 2 aliphatic rings. The summed E-state index contributed by atoms with van der Waals surface area (Å²) >= 11 is 0. The van der Waals surface area contributed by atoms with E-state index in [1.807, 2.05) is 0 Å². The number of aliphatic hydroxyl groups is 2. The first-order chi connectivity index (χ1) is 8.87. The molecule has 110 valence electrons. The van der Waals surface area contributed by atoms with E-state index in [-0.39, 0.29) is 12.0 Å². The fourth-order valence-corrected chi connectivity index (χ4v) is 3.29. The lowest BCUT2D eigenvalue weighted by Gasteiger charge is -2.34. The van der Waals surface area contributed by atoms with Crippen molar-refractivity contribution in [1.29, 1.82) is 0 Å². The summed E-state index contributed by atoms with van der Waals surface area (Å²) in [6.07, 6.45) is 1.74. The van der Waals surface area contributed by atoms with E-state index < -0.39 is 17.7 Å². The molecule has 0 radical (unpaired) electrons. The van der Waals surface area contributed by atoms with Crippen LogP contribution in [0.15, 0.2) is 0 Å². The first-order valence-electron chi connectivity index (χ1n) is 7.23. The largest absolute Gasteiger partial charge is 0.458 e. The minimum Gasteiger partial charge on any atom is -0.458 e. The van der Waals surface area contributed by atoms with Gasteiger partial charge in [0.2, 0.25) is 0 Å². The second-order valence-electron chi connectivity index (χ2n) is 6.13. The molecule has 0 amide bonds. The summed E-state index contributed by atoms with van der Waals surface area (Å²) in [5, 5.41) is 20.1. The van der Waals surface area contributed by atoms with Gasteiger partial charge in [-0.05, 0) is 38.6 Å². The third-order valence-corrected chi connectivity index (χ3v) is 4.65. The molecule has 2 saturated heterocycles. The summed E-state index contributed by atoms with van der Waals surface area (Å²) in [4.78, 5) is 14.6. The Hall–Kier alpha value is -0.650. The summed E-state index contributed by atoms with van der Waals surface area (Å²) in [6.45, 7) is 6.88. The Kier molecular flexibility index (Phi) is 4.18. The normalized spacial score (nSPS) is 32.1. The van der Waals surface area contributed by atoms with Crippen LogP contribution in [0, 0.1) is 5.92 Å². The van der Waals surface area contributed by atoms with Crippen molar-refractivity contribution in [3.05, 3.63) is 0 Å². The number of aliphatic hydroxyl groups excluding tert-OH is 1. The molecule has 5 heteroatoms. The maximum absolute atomic E-state index is 12.2. The fourth-order valence-electron chi connectivity index (χ4n) is 3.29. The lowest BCUT2D eigenvalue weighted by atomic mass is 9.85. The number of fused-ring (bicyclic) bond motifs is 1. The van der Waals surface area contributed by atoms with Gasteiger partial charge in [-0.3, -0.25) is 4.90 Å². The molecular formula is C14H25NO4.